The fourth-order valence-electron chi connectivity index (χ4n) is 1.60. The van der Waals surface area contributed by atoms with E-state index in [0.29, 0.717) is 6.54 Å². The number of nitrogens with zero attached hydrogens (tertiary/aromatic N) is 1. The molecule has 0 heterocycles. The van der Waals surface area contributed by atoms with Crippen molar-refractivity contribution in [3.8, 4) is 0 Å². The molecule has 0 saturated heterocycles. The van der Waals surface area contributed by atoms with E-state index in [2.05, 4.69) is 0 Å². The maximum Gasteiger partial charge on any atom is 0.229 e. The van der Waals surface area contributed by atoms with Crippen LogP contribution in [0.25, 0.3) is 0 Å². The summed E-state index contributed by atoms with van der Waals surface area (Å²) >= 11 is 0. The summed E-state index contributed by atoms with van der Waals surface area (Å²) in [6.45, 7) is 4.50. The highest BCUT2D eigenvalue weighted by molar-refractivity contribution is 5.94. The molecule has 1 rings (SSSR count). The lowest BCUT2D eigenvalue weighted by Crippen LogP contribution is -2.32. The van der Waals surface area contributed by atoms with Crippen LogP contribution in [0.2, 0.25) is 0 Å². The van der Waals surface area contributed by atoms with Crippen LogP contribution in [0.3, 0.4) is 0 Å². The lowest BCUT2D eigenvalue weighted by Gasteiger charge is -2.21. The molecule has 0 fully saturated rings. The molecule has 1 aromatic rings. The van der Waals surface area contributed by atoms with Crippen molar-refractivity contribution in [3.05, 3.63) is 29.8 Å². The van der Waals surface area contributed by atoms with Crippen molar-refractivity contribution in [2.75, 3.05) is 18.5 Å². The third kappa shape index (κ3) is 3.07. The standard InChI is InChI=1S/C13H20N2O/c1-10-4-6-12(7-5-10)15(3)13(16)11(2)8-9-14/h4-7,11H,8-9,14H2,1-3H3. The SMILES string of the molecule is Cc1ccc(N(C)C(=O)C(C)CCN)cc1. The van der Waals surface area contributed by atoms with Crippen LogP contribution in [0.15, 0.2) is 24.3 Å². The van der Waals surface area contributed by atoms with E-state index in [1.807, 2.05) is 38.1 Å². The van der Waals surface area contributed by atoms with Crippen molar-refractivity contribution in [1.82, 2.24) is 0 Å². The number of carbonyl (C=O) groups excluding carboxylic acids is 1. The number of rotatable bonds is 4. The van der Waals surface area contributed by atoms with E-state index < -0.39 is 0 Å². The molecule has 1 aromatic carbocycles. The van der Waals surface area contributed by atoms with E-state index >= 15 is 0 Å². The van der Waals surface area contributed by atoms with Gasteiger partial charge in [-0.1, -0.05) is 24.6 Å². The summed E-state index contributed by atoms with van der Waals surface area (Å²) in [6.07, 6.45) is 0.731. The molecule has 88 valence electrons. The van der Waals surface area contributed by atoms with E-state index in [0.717, 1.165) is 12.1 Å². The van der Waals surface area contributed by atoms with Crippen LogP contribution in [-0.2, 0) is 4.79 Å². The topological polar surface area (TPSA) is 46.3 Å². The van der Waals surface area contributed by atoms with Crippen LogP contribution in [-0.4, -0.2) is 19.5 Å². The van der Waals surface area contributed by atoms with Crippen LogP contribution in [0.5, 0.6) is 0 Å². The minimum absolute atomic E-state index is 0.0173. The molecule has 1 unspecified atom stereocenters. The normalized spacial score (nSPS) is 12.2. The number of amides is 1. The van der Waals surface area contributed by atoms with Crippen LogP contribution in [0.4, 0.5) is 5.69 Å². The van der Waals surface area contributed by atoms with E-state index in [1.54, 1.807) is 11.9 Å². The van der Waals surface area contributed by atoms with Crippen LogP contribution >= 0.6 is 0 Å². The predicted octanol–water partition coefficient (Wildman–Crippen LogP) is 1.94. The zero-order chi connectivity index (χ0) is 12.1. The van der Waals surface area contributed by atoms with Crippen molar-refractivity contribution in [1.29, 1.82) is 0 Å². The number of aryl methyl sites for hydroxylation is 1. The molecule has 0 saturated carbocycles. The summed E-state index contributed by atoms with van der Waals surface area (Å²) in [5, 5.41) is 0. The number of hydrogen-bond acceptors (Lipinski definition) is 2. The maximum absolute atomic E-state index is 12.0. The van der Waals surface area contributed by atoms with E-state index in [9.17, 15) is 4.79 Å². The lowest BCUT2D eigenvalue weighted by molar-refractivity contribution is -0.121. The molecule has 3 nitrogen and oxygen atoms in total. The number of anilines is 1. The highest BCUT2D eigenvalue weighted by Gasteiger charge is 2.17. The summed E-state index contributed by atoms with van der Waals surface area (Å²) in [6, 6.07) is 7.93. The van der Waals surface area contributed by atoms with Gasteiger partial charge in [-0.25, -0.2) is 0 Å². The third-order valence-corrected chi connectivity index (χ3v) is 2.77. The van der Waals surface area contributed by atoms with Crippen molar-refractivity contribution < 1.29 is 4.79 Å². The van der Waals surface area contributed by atoms with Crippen LogP contribution in [0, 0.1) is 12.8 Å². The molecule has 0 aliphatic carbocycles. The van der Waals surface area contributed by atoms with Crippen LogP contribution in [0.1, 0.15) is 18.9 Å². The average molecular weight is 220 g/mol. The Morgan fingerprint density at radius 1 is 1.38 bits per heavy atom. The average Bonchev–Trinajstić information content (AvgIpc) is 2.28. The summed E-state index contributed by atoms with van der Waals surface area (Å²) in [7, 11) is 1.81. The fourth-order valence-corrected chi connectivity index (χ4v) is 1.60. The van der Waals surface area contributed by atoms with Crippen molar-refractivity contribution in [3.63, 3.8) is 0 Å². The summed E-state index contributed by atoms with van der Waals surface area (Å²) in [5.74, 6) is 0.102. The Morgan fingerprint density at radius 2 is 1.94 bits per heavy atom. The van der Waals surface area contributed by atoms with Gasteiger partial charge in [0.2, 0.25) is 5.91 Å². The van der Waals surface area contributed by atoms with E-state index in [1.165, 1.54) is 5.56 Å². The Kier molecular flexibility index (Phi) is 4.50. The highest BCUT2D eigenvalue weighted by Crippen LogP contribution is 2.16. The highest BCUT2D eigenvalue weighted by atomic mass is 16.2. The van der Waals surface area contributed by atoms with Gasteiger partial charge < -0.3 is 10.6 Å². The number of nitrogens with two attached hydrogens (primary N) is 1. The maximum atomic E-state index is 12.0. The number of benzene rings is 1. The summed E-state index contributed by atoms with van der Waals surface area (Å²) in [4.78, 5) is 13.7. The Labute approximate surface area is 97.2 Å². The molecule has 1 atom stereocenters. The first kappa shape index (κ1) is 12.7. The van der Waals surface area contributed by atoms with Crippen molar-refractivity contribution >= 4 is 11.6 Å². The van der Waals surface area contributed by atoms with Gasteiger partial charge in [-0.3, -0.25) is 4.79 Å². The fraction of sp³-hybridized carbons (Fsp3) is 0.462. The molecular formula is C13H20N2O. The van der Waals surface area contributed by atoms with Crippen molar-refractivity contribution in [2.24, 2.45) is 11.7 Å². The second-order valence-electron chi connectivity index (χ2n) is 4.21. The third-order valence-electron chi connectivity index (χ3n) is 2.77. The van der Waals surface area contributed by atoms with Gasteiger partial charge in [0.05, 0.1) is 0 Å². The Bertz CT molecular complexity index is 345. The lowest BCUT2D eigenvalue weighted by atomic mass is 10.1. The number of hydrogen-bond donors (Lipinski definition) is 1. The first-order valence-electron chi connectivity index (χ1n) is 5.60. The molecule has 1 amide bonds. The van der Waals surface area contributed by atoms with Gasteiger partial charge in [-0.05, 0) is 32.0 Å². The van der Waals surface area contributed by atoms with Gasteiger partial charge in [0.1, 0.15) is 0 Å². The largest absolute Gasteiger partial charge is 0.330 e. The van der Waals surface area contributed by atoms with Gasteiger partial charge in [-0.15, -0.1) is 0 Å². The quantitative estimate of drug-likeness (QED) is 0.843. The van der Waals surface area contributed by atoms with Gasteiger partial charge in [0.15, 0.2) is 0 Å². The van der Waals surface area contributed by atoms with E-state index in [-0.39, 0.29) is 11.8 Å². The van der Waals surface area contributed by atoms with Crippen LogP contribution < -0.4 is 10.6 Å². The summed E-state index contributed by atoms with van der Waals surface area (Å²) in [5.41, 5.74) is 7.58. The Hall–Kier alpha value is -1.35. The minimum atomic E-state index is -0.0173. The van der Waals surface area contributed by atoms with Gasteiger partial charge in [0, 0.05) is 18.7 Å². The van der Waals surface area contributed by atoms with Crippen molar-refractivity contribution in [2.45, 2.75) is 20.3 Å². The molecule has 0 radical (unpaired) electrons. The molecule has 0 aliphatic heterocycles. The molecule has 0 bridgehead atoms. The van der Waals surface area contributed by atoms with E-state index in [4.69, 9.17) is 5.73 Å². The molecule has 0 spiro atoms. The molecule has 16 heavy (non-hydrogen) atoms. The van der Waals surface area contributed by atoms with Gasteiger partial charge in [0.25, 0.3) is 0 Å². The Balaban J connectivity index is 2.73. The molecule has 2 N–H and O–H groups in total. The Morgan fingerprint density at radius 3 is 2.44 bits per heavy atom. The minimum Gasteiger partial charge on any atom is -0.330 e. The molecule has 3 heteroatoms. The van der Waals surface area contributed by atoms with Gasteiger partial charge >= 0.3 is 0 Å². The van der Waals surface area contributed by atoms with Gasteiger partial charge in [-0.2, -0.15) is 0 Å². The molecule has 0 aliphatic rings. The smallest absolute Gasteiger partial charge is 0.229 e. The molecular weight excluding hydrogens is 200 g/mol. The first-order valence-corrected chi connectivity index (χ1v) is 5.60. The second kappa shape index (κ2) is 5.66. The summed E-state index contributed by atoms with van der Waals surface area (Å²) < 4.78 is 0. The second-order valence-corrected chi connectivity index (χ2v) is 4.21. The predicted molar refractivity (Wildman–Crippen MR) is 67.4 cm³/mol. The molecule has 0 aromatic heterocycles. The zero-order valence-corrected chi connectivity index (χ0v) is 10.2. The first-order chi connectivity index (χ1) is 7.56. The monoisotopic (exact) mass is 220 g/mol. The zero-order valence-electron chi connectivity index (χ0n) is 10.2. The number of carbonyl (C=O) groups is 1.